The van der Waals surface area contributed by atoms with Crippen molar-refractivity contribution in [1.29, 1.82) is 0 Å². The van der Waals surface area contributed by atoms with Crippen LogP contribution in [0.15, 0.2) is 0 Å². The van der Waals surface area contributed by atoms with Crippen molar-refractivity contribution in [2.45, 2.75) is 44.9 Å². The monoisotopic (exact) mass is 233 g/mol. The number of carboxylic acid groups (broad SMARTS) is 1. The summed E-state index contributed by atoms with van der Waals surface area (Å²) in [5.41, 5.74) is -1.14. The maximum atomic E-state index is 11.4. The van der Waals surface area contributed by atoms with Crippen LogP contribution in [0.1, 0.15) is 34.1 Å². The Kier molecular flexibility index (Phi) is 5.72. The summed E-state index contributed by atoms with van der Waals surface area (Å²) >= 11 is 1.50. The molecule has 0 heterocycles. The predicted octanol–water partition coefficient (Wildman–Crippen LogP) is 1.50. The highest BCUT2D eigenvalue weighted by atomic mass is 32.2. The average molecular weight is 233 g/mol. The smallest absolute Gasteiger partial charge is 0.329 e. The molecule has 0 saturated heterocycles. The number of nitrogens with one attached hydrogen (secondary N) is 1. The van der Waals surface area contributed by atoms with Crippen LogP contribution < -0.4 is 5.32 Å². The number of aliphatic carboxylic acids is 1. The second-order valence-corrected chi connectivity index (χ2v) is 5.46. The molecule has 1 unspecified atom stereocenters. The third-order valence-electron chi connectivity index (χ3n) is 2.14. The van der Waals surface area contributed by atoms with Crippen LogP contribution in [0.4, 0.5) is 0 Å². The third kappa shape index (κ3) is 5.06. The summed E-state index contributed by atoms with van der Waals surface area (Å²) in [6.07, 6.45) is 0.375. The van der Waals surface area contributed by atoms with E-state index in [4.69, 9.17) is 5.11 Å². The van der Waals surface area contributed by atoms with Gasteiger partial charge in [0.25, 0.3) is 0 Å². The van der Waals surface area contributed by atoms with E-state index in [0.29, 0.717) is 17.4 Å². The number of hydrogen-bond acceptors (Lipinski definition) is 3. The molecule has 0 bridgehead atoms. The summed E-state index contributed by atoms with van der Waals surface area (Å²) < 4.78 is 0. The van der Waals surface area contributed by atoms with E-state index in [1.54, 1.807) is 6.92 Å². The minimum absolute atomic E-state index is 0.222. The van der Waals surface area contributed by atoms with Gasteiger partial charge in [0.2, 0.25) is 5.91 Å². The number of carbonyl (C=O) groups is 2. The van der Waals surface area contributed by atoms with Crippen LogP contribution in [0.25, 0.3) is 0 Å². The standard InChI is InChI=1S/C10H19NO3S/c1-5-10(4,9(13)14)11-8(12)6-15-7(2)3/h7H,5-6H2,1-4H3,(H,11,12)(H,13,14). The fourth-order valence-corrected chi connectivity index (χ4v) is 1.44. The molecular weight excluding hydrogens is 214 g/mol. The lowest BCUT2D eigenvalue weighted by atomic mass is 9.99. The van der Waals surface area contributed by atoms with Gasteiger partial charge in [-0.2, -0.15) is 0 Å². The molecule has 4 nitrogen and oxygen atoms in total. The zero-order chi connectivity index (χ0) is 12.1. The lowest BCUT2D eigenvalue weighted by molar-refractivity contribution is -0.146. The summed E-state index contributed by atoms with van der Waals surface area (Å²) in [5, 5.41) is 11.8. The number of carbonyl (C=O) groups excluding carboxylic acids is 1. The van der Waals surface area contributed by atoms with Crippen molar-refractivity contribution in [2.24, 2.45) is 0 Å². The highest BCUT2D eigenvalue weighted by molar-refractivity contribution is 8.00. The summed E-state index contributed by atoms with van der Waals surface area (Å²) in [7, 11) is 0. The highest BCUT2D eigenvalue weighted by Crippen LogP contribution is 2.12. The zero-order valence-electron chi connectivity index (χ0n) is 9.66. The maximum Gasteiger partial charge on any atom is 0.329 e. The summed E-state index contributed by atoms with van der Waals surface area (Å²) in [6, 6.07) is 0. The Morgan fingerprint density at radius 3 is 2.33 bits per heavy atom. The van der Waals surface area contributed by atoms with Crippen LogP contribution in [0, 0.1) is 0 Å². The molecule has 5 heteroatoms. The second kappa shape index (κ2) is 6.00. The first-order valence-corrected chi connectivity index (χ1v) is 6.02. The van der Waals surface area contributed by atoms with Gasteiger partial charge in [-0.3, -0.25) is 4.79 Å². The molecule has 1 atom stereocenters. The quantitative estimate of drug-likeness (QED) is 0.729. The summed E-state index contributed by atoms with van der Waals surface area (Å²) in [5.74, 6) is -0.908. The number of amides is 1. The zero-order valence-corrected chi connectivity index (χ0v) is 10.5. The fraction of sp³-hybridized carbons (Fsp3) is 0.800. The highest BCUT2D eigenvalue weighted by Gasteiger charge is 2.32. The van der Waals surface area contributed by atoms with Crippen LogP contribution in [-0.4, -0.2) is 33.5 Å². The molecule has 15 heavy (non-hydrogen) atoms. The fourth-order valence-electron chi connectivity index (χ4n) is 0.879. The topological polar surface area (TPSA) is 66.4 Å². The largest absolute Gasteiger partial charge is 0.480 e. The molecule has 0 aromatic rings. The van der Waals surface area contributed by atoms with Gasteiger partial charge in [-0.1, -0.05) is 20.8 Å². The molecule has 0 aliphatic carbocycles. The molecule has 88 valence electrons. The summed E-state index contributed by atoms with van der Waals surface area (Å²) in [6.45, 7) is 7.25. The molecule has 0 aromatic carbocycles. The Hall–Kier alpha value is -0.710. The molecule has 0 saturated carbocycles. The van der Waals surface area contributed by atoms with Crippen molar-refractivity contribution in [3.63, 3.8) is 0 Å². The van der Waals surface area contributed by atoms with Crippen molar-refractivity contribution in [3.05, 3.63) is 0 Å². The van der Waals surface area contributed by atoms with E-state index < -0.39 is 11.5 Å². The van der Waals surface area contributed by atoms with Crippen LogP contribution in [0.3, 0.4) is 0 Å². The van der Waals surface area contributed by atoms with Crippen LogP contribution in [0.5, 0.6) is 0 Å². The Balaban J connectivity index is 4.19. The maximum absolute atomic E-state index is 11.4. The second-order valence-electron chi connectivity index (χ2n) is 3.90. The van der Waals surface area contributed by atoms with Gasteiger partial charge in [-0.25, -0.2) is 4.79 Å². The van der Waals surface area contributed by atoms with Crippen molar-refractivity contribution >= 4 is 23.6 Å². The van der Waals surface area contributed by atoms with Gasteiger partial charge in [0, 0.05) is 0 Å². The molecule has 0 spiro atoms. The Morgan fingerprint density at radius 2 is 2.00 bits per heavy atom. The predicted molar refractivity (Wildman–Crippen MR) is 62.1 cm³/mol. The van der Waals surface area contributed by atoms with Gasteiger partial charge >= 0.3 is 5.97 Å². The molecule has 0 rings (SSSR count). The minimum Gasteiger partial charge on any atom is -0.480 e. The Bertz CT molecular complexity index is 243. The van der Waals surface area contributed by atoms with Gasteiger partial charge in [-0.15, -0.1) is 11.8 Å². The van der Waals surface area contributed by atoms with E-state index in [-0.39, 0.29) is 5.91 Å². The normalized spacial score (nSPS) is 14.7. The molecule has 0 fully saturated rings. The molecular formula is C10H19NO3S. The number of hydrogen-bond donors (Lipinski definition) is 2. The number of rotatable bonds is 6. The van der Waals surface area contributed by atoms with E-state index in [1.165, 1.54) is 18.7 Å². The minimum atomic E-state index is -1.14. The van der Waals surface area contributed by atoms with E-state index in [1.807, 2.05) is 13.8 Å². The summed E-state index contributed by atoms with van der Waals surface area (Å²) in [4.78, 5) is 22.3. The Labute approximate surface area is 94.8 Å². The van der Waals surface area contributed by atoms with Gasteiger partial charge in [0.1, 0.15) is 5.54 Å². The third-order valence-corrected chi connectivity index (χ3v) is 3.24. The van der Waals surface area contributed by atoms with Crippen molar-refractivity contribution in [2.75, 3.05) is 5.75 Å². The van der Waals surface area contributed by atoms with Crippen LogP contribution in [-0.2, 0) is 9.59 Å². The van der Waals surface area contributed by atoms with E-state index in [2.05, 4.69) is 5.32 Å². The first kappa shape index (κ1) is 14.3. The molecule has 1 amide bonds. The number of thioether (sulfide) groups is 1. The van der Waals surface area contributed by atoms with Crippen LogP contribution >= 0.6 is 11.8 Å². The lowest BCUT2D eigenvalue weighted by Gasteiger charge is -2.24. The molecule has 0 aliphatic heterocycles. The van der Waals surface area contributed by atoms with Gasteiger partial charge in [-0.05, 0) is 18.6 Å². The van der Waals surface area contributed by atoms with E-state index in [9.17, 15) is 9.59 Å². The first-order valence-electron chi connectivity index (χ1n) is 4.98. The molecule has 0 aliphatic rings. The van der Waals surface area contributed by atoms with Crippen molar-refractivity contribution < 1.29 is 14.7 Å². The lowest BCUT2D eigenvalue weighted by Crippen LogP contribution is -2.52. The number of carboxylic acids is 1. The van der Waals surface area contributed by atoms with E-state index in [0.717, 1.165) is 0 Å². The Morgan fingerprint density at radius 1 is 1.47 bits per heavy atom. The molecule has 0 aromatic heterocycles. The molecule has 2 N–H and O–H groups in total. The van der Waals surface area contributed by atoms with E-state index >= 15 is 0 Å². The SMILES string of the molecule is CCC(C)(NC(=O)CSC(C)C)C(=O)O. The van der Waals surface area contributed by atoms with Gasteiger partial charge in [0.05, 0.1) is 5.75 Å². The van der Waals surface area contributed by atoms with Gasteiger partial charge < -0.3 is 10.4 Å². The van der Waals surface area contributed by atoms with Crippen molar-refractivity contribution in [1.82, 2.24) is 5.32 Å². The average Bonchev–Trinajstić information content (AvgIpc) is 2.14. The molecule has 0 radical (unpaired) electrons. The van der Waals surface area contributed by atoms with Crippen LogP contribution in [0.2, 0.25) is 0 Å². The van der Waals surface area contributed by atoms with Crippen molar-refractivity contribution in [3.8, 4) is 0 Å². The first-order chi connectivity index (χ1) is 6.81. The van der Waals surface area contributed by atoms with Gasteiger partial charge in [0.15, 0.2) is 0 Å².